The van der Waals surface area contributed by atoms with Crippen molar-refractivity contribution in [3.05, 3.63) is 0 Å². The van der Waals surface area contributed by atoms with Crippen LogP contribution in [0.25, 0.3) is 0 Å². The van der Waals surface area contributed by atoms with E-state index in [1.807, 2.05) is 0 Å². The summed E-state index contributed by atoms with van der Waals surface area (Å²) in [4.78, 5) is 0. The van der Waals surface area contributed by atoms with Gasteiger partial charge in [0.25, 0.3) is 0 Å². The molecule has 0 radical (unpaired) electrons. The summed E-state index contributed by atoms with van der Waals surface area (Å²) in [6.45, 7) is 0. The molecule has 0 aromatic rings. The molecule has 0 rings (SSSR count). The Labute approximate surface area is 68.7 Å². The van der Waals surface area contributed by atoms with Crippen molar-refractivity contribution in [2.45, 2.75) is 12.4 Å². The van der Waals surface area contributed by atoms with Gasteiger partial charge in [0.15, 0.2) is 0 Å². The van der Waals surface area contributed by atoms with Crippen LogP contribution in [0.1, 0.15) is 0 Å². The Morgan fingerprint density at radius 1 is 0.692 bits per heavy atom. The standard InChI is InChI=1S/C6F6O/c7-5(8,9)1-3-13-4-2-6(10,11)12. The molecule has 0 aliphatic rings. The first-order valence-corrected chi connectivity index (χ1v) is 2.54. The lowest BCUT2D eigenvalue weighted by Crippen LogP contribution is -2.02. The molecule has 0 saturated heterocycles. The van der Waals surface area contributed by atoms with Gasteiger partial charge < -0.3 is 4.74 Å². The van der Waals surface area contributed by atoms with E-state index in [9.17, 15) is 26.3 Å². The van der Waals surface area contributed by atoms with Crippen LogP contribution in [0.3, 0.4) is 0 Å². The lowest BCUT2D eigenvalue weighted by Gasteiger charge is -1.91. The van der Waals surface area contributed by atoms with Crippen molar-refractivity contribution in [2.75, 3.05) is 0 Å². The maximum Gasteiger partial charge on any atom is 0.461 e. The second-order valence-corrected chi connectivity index (χ2v) is 1.55. The molecule has 0 aromatic carbocycles. The number of alkyl halides is 6. The third-order valence-corrected chi connectivity index (χ3v) is 0.488. The Kier molecular flexibility index (Phi) is 3.49. The second-order valence-electron chi connectivity index (χ2n) is 1.55. The minimum absolute atomic E-state index is 0.566. The van der Waals surface area contributed by atoms with E-state index in [0.29, 0.717) is 11.8 Å². The minimum atomic E-state index is -4.81. The molecule has 7 heteroatoms. The van der Waals surface area contributed by atoms with Gasteiger partial charge in [-0.3, -0.25) is 0 Å². The van der Waals surface area contributed by atoms with Gasteiger partial charge in [-0.2, -0.15) is 26.3 Å². The number of hydrogen-bond donors (Lipinski definition) is 0. The van der Waals surface area contributed by atoms with Crippen molar-refractivity contribution < 1.29 is 31.1 Å². The second kappa shape index (κ2) is 3.94. The van der Waals surface area contributed by atoms with Gasteiger partial charge in [0.1, 0.15) is 12.2 Å². The Morgan fingerprint density at radius 2 is 1.00 bits per heavy atom. The van der Waals surface area contributed by atoms with Crippen molar-refractivity contribution in [1.82, 2.24) is 0 Å². The van der Waals surface area contributed by atoms with Crippen LogP contribution in [0, 0.1) is 24.1 Å². The Hall–Kier alpha value is -1.50. The van der Waals surface area contributed by atoms with Crippen molar-refractivity contribution in [3.63, 3.8) is 0 Å². The fourth-order valence-electron chi connectivity index (χ4n) is 0.192. The summed E-state index contributed by atoms with van der Waals surface area (Å²) in [6.07, 6.45) is -7.71. The van der Waals surface area contributed by atoms with Crippen LogP contribution in [-0.2, 0) is 4.74 Å². The van der Waals surface area contributed by atoms with Crippen LogP contribution in [0.15, 0.2) is 0 Å². The summed E-state index contributed by atoms with van der Waals surface area (Å²) in [7, 11) is 0. The van der Waals surface area contributed by atoms with Crippen LogP contribution in [0.5, 0.6) is 0 Å². The van der Waals surface area contributed by atoms with E-state index in [1.165, 1.54) is 0 Å². The molecule has 1 nitrogen and oxygen atoms in total. The van der Waals surface area contributed by atoms with Crippen molar-refractivity contribution >= 4 is 0 Å². The van der Waals surface area contributed by atoms with Gasteiger partial charge >= 0.3 is 12.4 Å². The molecule has 0 unspecified atom stereocenters. The van der Waals surface area contributed by atoms with E-state index in [2.05, 4.69) is 4.74 Å². The first-order valence-electron chi connectivity index (χ1n) is 2.54. The van der Waals surface area contributed by atoms with Gasteiger partial charge in [-0.1, -0.05) is 0 Å². The normalized spacial score (nSPS) is 10.6. The molecule has 0 heterocycles. The molecule has 0 atom stereocenters. The third-order valence-electron chi connectivity index (χ3n) is 0.488. The smallest absolute Gasteiger partial charge is 0.356 e. The van der Waals surface area contributed by atoms with Crippen molar-refractivity contribution in [2.24, 2.45) is 0 Å². The average molecular weight is 202 g/mol. The maximum absolute atomic E-state index is 11.2. The zero-order valence-electron chi connectivity index (χ0n) is 5.68. The van der Waals surface area contributed by atoms with E-state index in [1.54, 1.807) is 0 Å². The van der Waals surface area contributed by atoms with E-state index in [0.717, 1.165) is 12.2 Å². The molecule has 13 heavy (non-hydrogen) atoms. The quantitative estimate of drug-likeness (QED) is 0.431. The van der Waals surface area contributed by atoms with E-state index < -0.39 is 12.4 Å². The van der Waals surface area contributed by atoms with Crippen molar-refractivity contribution in [1.29, 1.82) is 0 Å². The Morgan fingerprint density at radius 3 is 1.23 bits per heavy atom. The van der Waals surface area contributed by atoms with Gasteiger partial charge in [-0.15, -0.1) is 0 Å². The highest BCUT2D eigenvalue weighted by atomic mass is 19.4. The molecule has 72 valence electrons. The molecule has 0 fully saturated rings. The predicted octanol–water partition coefficient (Wildman–Crippen LogP) is 2.05. The van der Waals surface area contributed by atoms with Gasteiger partial charge in [-0.25, -0.2) is 0 Å². The minimum Gasteiger partial charge on any atom is -0.356 e. The van der Waals surface area contributed by atoms with Crippen LogP contribution in [0.2, 0.25) is 0 Å². The highest BCUT2D eigenvalue weighted by Crippen LogP contribution is 2.12. The van der Waals surface area contributed by atoms with Gasteiger partial charge in [0.05, 0.1) is 11.8 Å². The Balaban J connectivity index is 4.03. The van der Waals surface area contributed by atoms with Crippen LogP contribution in [-0.4, -0.2) is 12.4 Å². The molecule has 0 N–H and O–H groups in total. The molecule has 0 amide bonds. The van der Waals surface area contributed by atoms with Gasteiger partial charge in [0.2, 0.25) is 0 Å². The molecule has 0 aliphatic carbocycles. The first-order chi connectivity index (χ1) is 5.71. The molecule has 0 saturated carbocycles. The summed E-state index contributed by atoms with van der Waals surface area (Å²) in [5.41, 5.74) is 0. The molecule has 0 aliphatic heterocycles. The molecular formula is C6F6O. The topological polar surface area (TPSA) is 9.23 Å². The predicted molar refractivity (Wildman–Crippen MR) is 28.7 cm³/mol. The fourth-order valence-corrected chi connectivity index (χ4v) is 0.192. The van der Waals surface area contributed by atoms with E-state index >= 15 is 0 Å². The van der Waals surface area contributed by atoms with Gasteiger partial charge in [0, 0.05) is 0 Å². The first kappa shape index (κ1) is 11.5. The highest BCUT2D eigenvalue weighted by molar-refractivity contribution is 5.05. The van der Waals surface area contributed by atoms with E-state index in [4.69, 9.17) is 0 Å². The zero-order valence-corrected chi connectivity index (χ0v) is 5.68. The summed E-state index contributed by atoms with van der Waals surface area (Å²) in [5, 5.41) is 0. The summed E-state index contributed by atoms with van der Waals surface area (Å²) < 4.78 is 70.6. The maximum atomic E-state index is 11.2. The molecule has 0 aromatic heterocycles. The largest absolute Gasteiger partial charge is 0.461 e. The van der Waals surface area contributed by atoms with E-state index in [-0.39, 0.29) is 0 Å². The van der Waals surface area contributed by atoms with Crippen molar-refractivity contribution in [3.8, 4) is 24.1 Å². The molecule has 0 bridgehead atoms. The summed E-state index contributed by atoms with van der Waals surface area (Å²) in [6, 6.07) is 0. The molecule has 0 spiro atoms. The van der Waals surface area contributed by atoms with Gasteiger partial charge in [-0.05, 0) is 0 Å². The summed E-state index contributed by atoms with van der Waals surface area (Å²) >= 11 is 0. The highest BCUT2D eigenvalue weighted by Gasteiger charge is 2.24. The van der Waals surface area contributed by atoms with Crippen LogP contribution in [0.4, 0.5) is 26.3 Å². The lowest BCUT2D eigenvalue weighted by molar-refractivity contribution is -0.0704. The number of hydrogen-bond acceptors (Lipinski definition) is 1. The Bertz CT molecular complexity index is 247. The van der Waals surface area contributed by atoms with Crippen LogP contribution >= 0.6 is 0 Å². The monoisotopic (exact) mass is 202 g/mol. The lowest BCUT2D eigenvalue weighted by atomic mass is 10.7. The molecular weight excluding hydrogens is 202 g/mol. The SMILES string of the molecule is FC(F)(F)C#COC#CC(F)(F)F. The zero-order chi connectivity index (χ0) is 10.5. The third kappa shape index (κ3) is 10.5. The number of rotatable bonds is 0. The average Bonchev–Trinajstić information content (AvgIpc) is 1.81. The summed E-state index contributed by atoms with van der Waals surface area (Å²) in [5.74, 6) is 1.13. The van der Waals surface area contributed by atoms with Crippen LogP contribution < -0.4 is 0 Å². The number of ether oxygens (including phenoxy) is 1. The number of halogens is 6. The fraction of sp³-hybridized carbons (Fsp3) is 0.333.